The largest absolute Gasteiger partial charge is 0.366 e. The highest BCUT2D eigenvalue weighted by molar-refractivity contribution is 7.90. The molecule has 0 N–H and O–H groups in total. The Balaban J connectivity index is 1.99. The number of hydrogen-bond acceptors (Lipinski definition) is 5. The van der Waals surface area contributed by atoms with E-state index in [0.29, 0.717) is 11.7 Å². The minimum Gasteiger partial charge on any atom is -0.366 e. The van der Waals surface area contributed by atoms with Crippen LogP contribution in [0.3, 0.4) is 0 Å². The van der Waals surface area contributed by atoms with Gasteiger partial charge in [0.15, 0.2) is 0 Å². The Morgan fingerprint density at radius 2 is 2.00 bits per heavy atom. The van der Waals surface area contributed by atoms with Gasteiger partial charge in [-0.3, -0.25) is 4.98 Å². The molecular formula is C17H22ClN3O2S. The van der Waals surface area contributed by atoms with Crippen molar-refractivity contribution in [3.63, 3.8) is 0 Å². The number of pyridine rings is 2. The molecule has 0 aliphatic carbocycles. The van der Waals surface area contributed by atoms with Crippen LogP contribution in [0.25, 0.3) is 10.8 Å². The van der Waals surface area contributed by atoms with Crippen molar-refractivity contribution in [3.05, 3.63) is 29.3 Å². The first-order chi connectivity index (χ1) is 11.2. The van der Waals surface area contributed by atoms with Gasteiger partial charge in [-0.2, -0.15) is 0 Å². The molecule has 3 rings (SSSR count). The van der Waals surface area contributed by atoms with E-state index < -0.39 is 9.84 Å². The molecule has 0 spiro atoms. The van der Waals surface area contributed by atoms with Crippen LogP contribution in [0.5, 0.6) is 0 Å². The number of sulfone groups is 1. The van der Waals surface area contributed by atoms with Gasteiger partial charge in [0, 0.05) is 41.7 Å². The van der Waals surface area contributed by atoms with Gasteiger partial charge in [0.05, 0.1) is 23.3 Å². The van der Waals surface area contributed by atoms with Gasteiger partial charge in [-0.05, 0) is 18.9 Å². The summed E-state index contributed by atoms with van der Waals surface area (Å²) in [7, 11) is -2.96. The Hall–Kier alpha value is -1.40. The predicted molar refractivity (Wildman–Crippen MR) is 98.6 cm³/mol. The highest BCUT2D eigenvalue weighted by Gasteiger charge is 2.38. The van der Waals surface area contributed by atoms with Crippen molar-refractivity contribution in [2.45, 2.75) is 32.7 Å². The van der Waals surface area contributed by atoms with Crippen LogP contribution in [0.1, 0.15) is 32.4 Å². The van der Waals surface area contributed by atoms with Crippen molar-refractivity contribution in [2.75, 3.05) is 23.5 Å². The molecule has 5 nitrogen and oxygen atoms in total. The number of halogens is 1. The molecule has 1 fully saturated rings. The van der Waals surface area contributed by atoms with Crippen LogP contribution >= 0.6 is 11.6 Å². The molecule has 0 saturated carbocycles. The molecular weight excluding hydrogens is 346 g/mol. The molecule has 3 heterocycles. The normalized spacial score (nSPS) is 21.3. The standard InChI is InChI=1S/C17H22ClN3O2S/c1-10(2)17-13-5-16(18)19-6-14(13)15(7-20-17)21-8-12(11(21)3)9-24(4,22)23/h5-7,10-12H,8-9H2,1-4H3/t11-,12-/m1/s1. The van der Waals surface area contributed by atoms with Crippen LogP contribution in [-0.4, -0.2) is 43.0 Å². The summed E-state index contributed by atoms with van der Waals surface area (Å²) < 4.78 is 23.1. The summed E-state index contributed by atoms with van der Waals surface area (Å²) in [5, 5.41) is 2.49. The van der Waals surface area contributed by atoms with E-state index in [0.717, 1.165) is 22.2 Å². The number of fused-ring (bicyclic) bond motifs is 1. The van der Waals surface area contributed by atoms with E-state index in [1.807, 2.05) is 12.3 Å². The van der Waals surface area contributed by atoms with Gasteiger partial charge in [0.1, 0.15) is 15.0 Å². The molecule has 1 saturated heterocycles. The molecule has 24 heavy (non-hydrogen) atoms. The molecule has 0 bridgehead atoms. The number of hydrogen-bond donors (Lipinski definition) is 0. The summed E-state index contributed by atoms with van der Waals surface area (Å²) in [5.74, 6) is 0.663. The highest BCUT2D eigenvalue weighted by atomic mass is 35.5. The van der Waals surface area contributed by atoms with Crippen LogP contribution in [0.2, 0.25) is 5.15 Å². The molecule has 0 aromatic carbocycles. The highest BCUT2D eigenvalue weighted by Crippen LogP contribution is 2.38. The Kier molecular flexibility index (Phi) is 4.47. The lowest BCUT2D eigenvalue weighted by Gasteiger charge is -2.48. The minimum absolute atomic E-state index is 0.153. The second-order valence-corrected chi connectivity index (χ2v) is 9.55. The summed E-state index contributed by atoms with van der Waals surface area (Å²) in [6.45, 7) is 6.98. The predicted octanol–water partition coefficient (Wildman–Crippen LogP) is 3.28. The number of nitrogens with zero attached hydrogens (tertiary/aromatic N) is 3. The lowest BCUT2D eigenvalue weighted by Crippen LogP contribution is -2.57. The van der Waals surface area contributed by atoms with Gasteiger partial charge in [-0.25, -0.2) is 13.4 Å². The average Bonchev–Trinajstić information content (AvgIpc) is 2.48. The van der Waals surface area contributed by atoms with Gasteiger partial charge in [0.2, 0.25) is 0 Å². The number of aromatic nitrogens is 2. The Morgan fingerprint density at radius 1 is 1.29 bits per heavy atom. The lowest BCUT2D eigenvalue weighted by molar-refractivity contribution is 0.341. The van der Waals surface area contributed by atoms with E-state index in [2.05, 4.69) is 35.6 Å². The fraction of sp³-hybridized carbons (Fsp3) is 0.529. The zero-order valence-electron chi connectivity index (χ0n) is 14.3. The van der Waals surface area contributed by atoms with Crippen LogP contribution in [0.15, 0.2) is 18.5 Å². The number of anilines is 1. The monoisotopic (exact) mass is 367 g/mol. The molecule has 0 radical (unpaired) electrons. The van der Waals surface area contributed by atoms with Gasteiger partial charge < -0.3 is 4.90 Å². The minimum atomic E-state index is -2.96. The van der Waals surface area contributed by atoms with E-state index in [1.165, 1.54) is 6.26 Å². The quantitative estimate of drug-likeness (QED) is 0.776. The molecule has 0 unspecified atom stereocenters. The van der Waals surface area contributed by atoms with Gasteiger partial charge >= 0.3 is 0 Å². The lowest BCUT2D eigenvalue weighted by atomic mass is 9.90. The third-order valence-corrected chi connectivity index (χ3v) is 5.97. The molecule has 2 aromatic heterocycles. The molecule has 1 aliphatic rings. The SMILES string of the molecule is CC(C)c1ncc(N2C[C@H](CS(C)(=O)=O)[C@H]2C)c2cnc(Cl)cc12. The van der Waals surface area contributed by atoms with Crippen LogP contribution in [0.4, 0.5) is 5.69 Å². The third-order valence-electron chi connectivity index (χ3n) is 4.73. The van der Waals surface area contributed by atoms with E-state index in [9.17, 15) is 8.42 Å². The third kappa shape index (κ3) is 3.22. The first kappa shape index (κ1) is 17.4. The fourth-order valence-electron chi connectivity index (χ4n) is 3.39. The maximum Gasteiger partial charge on any atom is 0.147 e. The topological polar surface area (TPSA) is 63.2 Å². The van der Waals surface area contributed by atoms with Gasteiger partial charge in [-0.1, -0.05) is 25.4 Å². The second-order valence-electron chi connectivity index (χ2n) is 6.98. The van der Waals surface area contributed by atoms with E-state index >= 15 is 0 Å². The summed E-state index contributed by atoms with van der Waals surface area (Å²) in [6, 6.07) is 2.02. The molecule has 2 atom stereocenters. The van der Waals surface area contributed by atoms with E-state index in [1.54, 1.807) is 6.20 Å². The molecule has 0 amide bonds. The van der Waals surface area contributed by atoms with Gasteiger partial charge in [0.25, 0.3) is 0 Å². The first-order valence-corrected chi connectivity index (χ1v) is 10.5. The Labute approximate surface area is 148 Å². The average molecular weight is 368 g/mol. The zero-order chi connectivity index (χ0) is 17.6. The van der Waals surface area contributed by atoms with Crippen molar-refractivity contribution in [1.82, 2.24) is 9.97 Å². The van der Waals surface area contributed by atoms with Crippen molar-refractivity contribution in [3.8, 4) is 0 Å². The summed E-state index contributed by atoms with van der Waals surface area (Å²) >= 11 is 6.08. The van der Waals surface area contributed by atoms with E-state index in [-0.39, 0.29) is 23.6 Å². The van der Waals surface area contributed by atoms with Crippen molar-refractivity contribution in [1.29, 1.82) is 0 Å². The summed E-state index contributed by atoms with van der Waals surface area (Å²) in [6.07, 6.45) is 4.96. The van der Waals surface area contributed by atoms with Crippen molar-refractivity contribution >= 4 is 37.9 Å². The van der Waals surface area contributed by atoms with Crippen molar-refractivity contribution < 1.29 is 8.42 Å². The smallest absolute Gasteiger partial charge is 0.147 e. The maximum atomic E-state index is 11.5. The molecule has 2 aromatic rings. The van der Waals surface area contributed by atoms with Gasteiger partial charge in [-0.15, -0.1) is 0 Å². The zero-order valence-corrected chi connectivity index (χ0v) is 15.9. The summed E-state index contributed by atoms with van der Waals surface area (Å²) in [5.41, 5.74) is 2.00. The van der Waals surface area contributed by atoms with Crippen LogP contribution < -0.4 is 4.90 Å². The Morgan fingerprint density at radius 3 is 2.58 bits per heavy atom. The Bertz CT molecular complexity index is 883. The molecule has 130 valence electrons. The summed E-state index contributed by atoms with van der Waals surface area (Å²) in [4.78, 5) is 11.1. The molecule has 7 heteroatoms. The first-order valence-electron chi connectivity index (χ1n) is 8.06. The second kappa shape index (κ2) is 6.15. The van der Waals surface area contributed by atoms with Crippen molar-refractivity contribution in [2.24, 2.45) is 5.92 Å². The van der Waals surface area contributed by atoms with Crippen LogP contribution in [0, 0.1) is 5.92 Å². The van der Waals surface area contributed by atoms with Crippen LogP contribution in [-0.2, 0) is 9.84 Å². The molecule has 1 aliphatic heterocycles. The van der Waals surface area contributed by atoms with E-state index in [4.69, 9.17) is 11.6 Å². The fourth-order valence-corrected chi connectivity index (χ4v) is 4.71. The number of rotatable bonds is 4. The maximum absolute atomic E-state index is 11.5.